The van der Waals surface area contributed by atoms with E-state index in [-0.39, 0.29) is 47.2 Å². The predicted molar refractivity (Wildman–Crippen MR) is 253 cm³/mol. The van der Waals surface area contributed by atoms with Crippen molar-refractivity contribution in [1.29, 1.82) is 0 Å². The van der Waals surface area contributed by atoms with E-state index in [0.717, 1.165) is 61.2 Å². The Hall–Kier alpha value is -5.11. The molecule has 6 aromatic carbocycles. The zero-order valence-corrected chi connectivity index (χ0v) is 42.1. The Morgan fingerprint density at radius 2 is 1.35 bits per heavy atom. The number of nitrogens with one attached hydrogen (secondary N) is 1. The molecule has 6 bridgehead atoms. The molecule has 1 N–H and O–H groups in total. The molecule has 0 amide bonds. The van der Waals surface area contributed by atoms with Gasteiger partial charge in [0.15, 0.2) is 34.5 Å². The fourth-order valence-electron chi connectivity index (χ4n) is 8.95. The van der Waals surface area contributed by atoms with Crippen LogP contribution in [0.3, 0.4) is 0 Å². The van der Waals surface area contributed by atoms with E-state index >= 15 is 0 Å². The van der Waals surface area contributed by atoms with Crippen molar-refractivity contribution in [2.45, 2.75) is 44.7 Å². The molecule has 0 aromatic heterocycles. The van der Waals surface area contributed by atoms with Gasteiger partial charge in [0.1, 0.15) is 5.75 Å². The summed E-state index contributed by atoms with van der Waals surface area (Å²) in [5, 5.41) is 14.9. The number of carbonyl (C=O) groups is 1. The van der Waals surface area contributed by atoms with Crippen molar-refractivity contribution in [3.05, 3.63) is 152 Å². The second-order valence-corrected chi connectivity index (χ2v) is 17.2. The predicted octanol–water partition coefficient (Wildman–Crippen LogP) is 7.58. The zero-order valence-electron chi connectivity index (χ0n) is 38.6. The SMILES string of the molecule is COc1ccc2cc1Oc1ccc(cc1)CC1c3cc(c(OC)cc3CCN1C)Oc1c(OC)c(OC)cc3c1C(C2)N(C)CC3.Cc1ccc(Cl)c(Nc2ccccc2C(=O)[O-])c1Cl.[Na+]. The van der Waals surface area contributed by atoms with Gasteiger partial charge in [-0.05, 0) is 135 Å². The van der Waals surface area contributed by atoms with Crippen molar-refractivity contribution in [2.24, 2.45) is 0 Å². The summed E-state index contributed by atoms with van der Waals surface area (Å²) in [5.41, 5.74) is 8.92. The molecule has 0 saturated carbocycles. The van der Waals surface area contributed by atoms with Crippen LogP contribution < -0.4 is 68.4 Å². The number of hydrogen-bond donors (Lipinski definition) is 1. The number of carbonyl (C=O) groups excluding carboxylic acids is 1. The van der Waals surface area contributed by atoms with E-state index in [0.29, 0.717) is 61.7 Å². The summed E-state index contributed by atoms with van der Waals surface area (Å²) in [7, 11) is 11.1. The minimum Gasteiger partial charge on any atom is -0.545 e. The largest absolute Gasteiger partial charge is 1.00 e. The molecule has 338 valence electrons. The van der Waals surface area contributed by atoms with Crippen molar-refractivity contribution in [1.82, 2.24) is 9.80 Å². The molecule has 2 unspecified atom stereocenters. The summed E-state index contributed by atoms with van der Waals surface area (Å²) < 4.78 is 37.1. The third-order valence-corrected chi connectivity index (χ3v) is 13.3. The van der Waals surface area contributed by atoms with Gasteiger partial charge in [-0.1, -0.05) is 65.7 Å². The second kappa shape index (κ2) is 21.2. The summed E-state index contributed by atoms with van der Waals surface area (Å²) in [4.78, 5) is 15.8. The van der Waals surface area contributed by atoms with Crippen molar-refractivity contribution in [3.8, 4) is 46.0 Å². The van der Waals surface area contributed by atoms with Crippen LogP contribution in [0, 0.1) is 6.92 Å². The maximum absolute atomic E-state index is 11.0. The Labute approximate surface area is 418 Å². The number of carboxylic acids is 1. The molecular weight excluding hydrogens is 888 g/mol. The van der Waals surface area contributed by atoms with Crippen LogP contribution in [0.4, 0.5) is 11.4 Å². The van der Waals surface area contributed by atoms with Gasteiger partial charge < -0.3 is 43.6 Å². The normalized spacial score (nSPS) is 16.3. The number of ether oxygens (including phenoxy) is 6. The Balaban J connectivity index is 0.000000272. The topological polar surface area (TPSA) is 114 Å². The quantitative estimate of drug-likeness (QED) is 0.160. The Kier molecular flexibility index (Phi) is 15.7. The van der Waals surface area contributed by atoms with E-state index in [2.05, 4.69) is 71.7 Å². The van der Waals surface area contributed by atoms with Crippen LogP contribution in [-0.4, -0.2) is 71.4 Å². The molecule has 10 rings (SSSR count). The molecule has 4 heterocycles. The number of rotatable bonds is 7. The maximum atomic E-state index is 11.0. The minimum atomic E-state index is -1.26. The van der Waals surface area contributed by atoms with Crippen LogP contribution in [0.15, 0.2) is 97.1 Å². The van der Waals surface area contributed by atoms with Gasteiger partial charge >= 0.3 is 29.6 Å². The van der Waals surface area contributed by atoms with Gasteiger partial charge in [0.2, 0.25) is 5.75 Å². The number of halogens is 2. The van der Waals surface area contributed by atoms with E-state index < -0.39 is 5.97 Å². The number of hydrogen-bond acceptors (Lipinski definition) is 11. The van der Waals surface area contributed by atoms with Gasteiger partial charge in [-0.15, -0.1) is 0 Å². The molecule has 4 aliphatic heterocycles. The number of anilines is 2. The van der Waals surface area contributed by atoms with Gasteiger partial charge in [0, 0.05) is 42.0 Å². The smallest absolute Gasteiger partial charge is 0.545 e. The summed E-state index contributed by atoms with van der Waals surface area (Å²) in [6.07, 6.45) is 3.37. The van der Waals surface area contributed by atoms with Gasteiger partial charge in [0.25, 0.3) is 0 Å². The number of carboxylic acid groups (broad SMARTS) is 1. The van der Waals surface area contributed by atoms with Crippen molar-refractivity contribution < 1.29 is 67.9 Å². The standard InChI is InChI=1S/C38H42N2O6.C14H11Cl2NO2.Na/c1-39-15-13-25-20-32(42-4)34-22-28(25)29(39)17-23-7-10-27(11-8-23)45-33-19-24(9-12-31(33)41-3)18-30-36-26(14-16-40(30)2)21-35(43-5)37(44-6)38(36)46-34;1-8-6-7-10(15)13(12(8)16)17-11-5-3-2-4-9(11)14(18)19;/h7-12,19-22,29-30H,13-18H2,1-6H3;2-7,17H,1H3,(H,18,19);/q;;+1/p-1. The van der Waals surface area contributed by atoms with Crippen molar-refractivity contribution >= 4 is 40.5 Å². The van der Waals surface area contributed by atoms with E-state index in [1.807, 2.05) is 25.1 Å². The number of aromatic carboxylic acids is 1. The van der Waals surface area contributed by atoms with Crippen LogP contribution in [-0.2, 0) is 25.7 Å². The van der Waals surface area contributed by atoms with Gasteiger partial charge in [-0.2, -0.15) is 0 Å². The number of para-hydroxylation sites is 1. The average molecular weight is 941 g/mol. The Morgan fingerprint density at radius 3 is 2.05 bits per heavy atom. The first-order valence-electron chi connectivity index (χ1n) is 21.4. The number of nitrogens with zero attached hydrogens (tertiary/aromatic N) is 2. The summed E-state index contributed by atoms with van der Waals surface area (Å²) >= 11 is 12.2. The molecule has 0 saturated heterocycles. The first kappa shape index (κ1) is 48.8. The van der Waals surface area contributed by atoms with Crippen LogP contribution in [0.1, 0.15) is 61.4 Å². The van der Waals surface area contributed by atoms with Crippen LogP contribution in [0.5, 0.6) is 46.0 Å². The van der Waals surface area contributed by atoms with Crippen LogP contribution >= 0.6 is 23.2 Å². The van der Waals surface area contributed by atoms with Crippen molar-refractivity contribution in [2.75, 3.05) is 60.9 Å². The molecule has 0 fully saturated rings. The summed E-state index contributed by atoms with van der Waals surface area (Å²) in [6.45, 7) is 3.70. The number of methoxy groups -OCH3 is 4. The van der Waals surface area contributed by atoms with E-state index in [1.165, 1.54) is 28.3 Å². The van der Waals surface area contributed by atoms with Gasteiger partial charge in [-0.3, -0.25) is 9.80 Å². The first-order chi connectivity index (χ1) is 31.4. The number of benzene rings is 6. The third-order valence-electron chi connectivity index (χ3n) is 12.5. The van der Waals surface area contributed by atoms with Gasteiger partial charge in [0.05, 0.1) is 50.1 Å². The average Bonchev–Trinajstić information content (AvgIpc) is 3.31. The van der Waals surface area contributed by atoms with Crippen LogP contribution in [0.2, 0.25) is 10.0 Å². The summed E-state index contributed by atoms with van der Waals surface area (Å²) in [5.74, 6) is 4.15. The molecule has 11 nitrogen and oxygen atoms in total. The molecule has 66 heavy (non-hydrogen) atoms. The van der Waals surface area contributed by atoms with E-state index in [9.17, 15) is 9.90 Å². The Morgan fingerprint density at radius 1 is 0.712 bits per heavy atom. The number of fused-ring (bicyclic) bond motifs is 2. The van der Waals surface area contributed by atoms with Gasteiger partial charge in [-0.25, -0.2) is 0 Å². The molecule has 4 aliphatic rings. The maximum Gasteiger partial charge on any atom is 1.00 e. The molecule has 0 aliphatic carbocycles. The first-order valence-corrected chi connectivity index (χ1v) is 22.2. The second-order valence-electron chi connectivity index (χ2n) is 16.5. The molecule has 0 radical (unpaired) electrons. The number of aryl methyl sites for hydroxylation is 1. The summed E-state index contributed by atoms with van der Waals surface area (Å²) in [6, 6.07) is 31.1. The fourth-order valence-corrected chi connectivity index (χ4v) is 9.42. The fraction of sp³-hybridized carbons (Fsp3) is 0.288. The molecular formula is C52H52Cl2N3NaO8. The third kappa shape index (κ3) is 10.1. The van der Waals surface area contributed by atoms with E-state index in [1.54, 1.807) is 58.8 Å². The molecule has 6 aromatic rings. The van der Waals surface area contributed by atoms with E-state index in [4.69, 9.17) is 51.6 Å². The van der Waals surface area contributed by atoms with Crippen LogP contribution in [0.25, 0.3) is 0 Å². The minimum absolute atomic E-state index is 0. The number of likely N-dealkylation sites (N-methyl/N-ethyl adjacent to an activating group) is 2. The monoisotopic (exact) mass is 939 g/mol. The molecule has 0 spiro atoms. The Bertz CT molecular complexity index is 2740. The zero-order chi connectivity index (χ0) is 45.9. The van der Waals surface area contributed by atoms with Crippen molar-refractivity contribution in [3.63, 3.8) is 0 Å². The molecule has 14 heteroatoms. The molecule has 2 atom stereocenters.